The molecule has 0 unspecified atom stereocenters. The molecule has 76 valence electrons. The molecule has 2 aromatic rings. The van der Waals surface area contributed by atoms with Gasteiger partial charge in [-0.15, -0.1) is 0 Å². The fraction of sp³-hybridized carbons (Fsp3) is 0.143. The second kappa shape index (κ2) is 4.18. The number of anilines is 1. The van der Waals surface area contributed by atoms with Crippen LogP contribution in [0.15, 0.2) is 48.5 Å². The lowest BCUT2D eigenvalue weighted by Gasteiger charge is -2.10. The largest absolute Gasteiger partial charge is 0.388 e. The van der Waals surface area contributed by atoms with Crippen LogP contribution in [0.3, 0.4) is 0 Å². The van der Waals surface area contributed by atoms with Crippen LogP contribution in [0.25, 0.3) is 11.1 Å². The van der Waals surface area contributed by atoms with E-state index in [1.807, 2.05) is 13.1 Å². The van der Waals surface area contributed by atoms with Crippen LogP contribution in [-0.4, -0.2) is 7.05 Å². The SMILES string of the molecule is CNc1cccc(-c2ccccc2)c1C. The molecule has 0 spiro atoms. The zero-order chi connectivity index (χ0) is 10.7. The number of rotatable bonds is 2. The molecule has 0 aliphatic carbocycles. The highest BCUT2D eigenvalue weighted by molar-refractivity contribution is 5.73. The van der Waals surface area contributed by atoms with Gasteiger partial charge in [0.1, 0.15) is 0 Å². The van der Waals surface area contributed by atoms with Crippen molar-refractivity contribution in [3.63, 3.8) is 0 Å². The van der Waals surface area contributed by atoms with E-state index in [9.17, 15) is 0 Å². The molecule has 0 heterocycles. The van der Waals surface area contributed by atoms with Gasteiger partial charge in [-0.2, -0.15) is 0 Å². The summed E-state index contributed by atoms with van der Waals surface area (Å²) in [6.45, 7) is 2.15. The van der Waals surface area contributed by atoms with Gasteiger partial charge < -0.3 is 5.32 Å². The van der Waals surface area contributed by atoms with Crippen molar-refractivity contribution in [3.8, 4) is 11.1 Å². The van der Waals surface area contributed by atoms with Crippen molar-refractivity contribution in [2.45, 2.75) is 6.92 Å². The van der Waals surface area contributed by atoms with E-state index in [-0.39, 0.29) is 0 Å². The molecular formula is C14H15N. The summed E-state index contributed by atoms with van der Waals surface area (Å²) in [7, 11) is 1.96. The Morgan fingerprint density at radius 1 is 0.867 bits per heavy atom. The molecule has 1 N–H and O–H groups in total. The Morgan fingerprint density at radius 2 is 1.60 bits per heavy atom. The van der Waals surface area contributed by atoms with E-state index in [1.54, 1.807) is 0 Å². The van der Waals surface area contributed by atoms with E-state index in [0.29, 0.717) is 0 Å². The normalized spacial score (nSPS) is 10.0. The minimum Gasteiger partial charge on any atom is -0.388 e. The van der Waals surface area contributed by atoms with E-state index in [4.69, 9.17) is 0 Å². The molecule has 0 fully saturated rings. The molecular weight excluding hydrogens is 182 g/mol. The molecule has 0 aliphatic heterocycles. The molecule has 2 rings (SSSR count). The molecule has 0 aromatic heterocycles. The van der Waals surface area contributed by atoms with E-state index < -0.39 is 0 Å². The molecule has 1 nitrogen and oxygen atoms in total. The summed E-state index contributed by atoms with van der Waals surface area (Å²) in [6.07, 6.45) is 0. The van der Waals surface area contributed by atoms with Gasteiger partial charge >= 0.3 is 0 Å². The zero-order valence-corrected chi connectivity index (χ0v) is 9.12. The Bertz CT molecular complexity index is 446. The van der Waals surface area contributed by atoms with Gasteiger partial charge in [0, 0.05) is 12.7 Å². The first kappa shape index (κ1) is 9.78. The quantitative estimate of drug-likeness (QED) is 0.774. The van der Waals surface area contributed by atoms with Crippen LogP contribution in [0.5, 0.6) is 0 Å². The monoisotopic (exact) mass is 197 g/mol. The third kappa shape index (κ3) is 1.86. The number of hydrogen-bond donors (Lipinski definition) is 1. The molecule has 2 aromatic carbocycles. The highest BCUT2D eigenvalue weighted by Crippen LogP contribution is 2.27. The van der Waals surface area contributed by atoms with Gasteiger partial charge in [-0.05, 0) is 29.7 Å². The van der Waals surface area contributed by atoms with Gasteiger partial charge in [0.2, 0.25) is 0 Å². The highest BCUT2D eigenvalue weighted by Gasteiger charge is 2.03. The average Bonchev–Trinajstić information content (AvgIpc) is 2.30. The Hall–Kier alpha value is -1.76. The summed E-state index contributed by atoms with van der Waals surface area (Å²) in [5.41, 5.74) is 5.05. The average molecular weight is 197 g/mol. The van der Waals surface area contributed by atoms with Crippen molar-refractivity contribution in [1.82, 2.24) is 0 Å². The van der Waals surface area contributed by atoms with Crippen molar-refractivity contribution in [3.05, 3.63) is 54.1 Å². The smallest absolute Gasteiger partial charge is 0.0373 e. The molecule has 0 radical (unpaired) electrons. The third-order valence-electron chi connectivity index (χ3n) is 2.69. The van der Waals surface area contributed by atoms with Crippen molar-refractivity contribution in [1.29, 1.82) is 0 Å². The Kier molecular flexibility index (Phi) is 2.72. The highest BCUT2D eigenvalue weighted by atomic mass is 14.8. The number of hydrogen-bond acceptors (Lipinski definition) is 1. The van der Waals surface area contributed by atoms with E-state index in [0.717, 1.165) is 0 Å². The van der Waals surface area contributed by atoms with Crippen LogP contribution < -0.4 is 5.32 Å². The zero-order valence-electron chi connectivity index (χ0n) is 9.12. The van der Waals surface area contributed by atoms with Crippen molar-refractivity contribution in [2.75, 3.05) is 12.4 Å². The van der Waals surface area contributed by atoms with Gasteiger partial charge in [-0.1, -0.05) is 42.5 Å². The van der Waals surface area contributed by atoms with Crippen LogP contribution >= 0.6 is 0 Å². The Balaban J connectivity index is 2.54. The minimum atomic E-state index is 1.19. The van der Waals surface area contributed by atoms with Crippen molar-refractivity contribution in [2.24, 2.45) is 0 Å². The topological polar surface area (TPSA) is 12.0 Å². The van der Waals surface area contributed by atoms with Gasteiger partial charge in [0.25, 0.3) is 0 Å². The third-order valence-corrected chi connectivity index (χ3v) is 2.69. The van der Waals surface area contributed by atoms with Crippen molar-refractivity contribution < 1.29 is 0 Å². The minimum absolute atomic E-state index is 1.19. The van der Waals surface area contributed by atoms with E-state index in [2.05, 4.69) is 54.7 Å². The molecule has 0 amide bonds. The lowest BCUT2D eigenvalue weighted by atomic mass is 9.99. The molecule has 1 heteroatoms. The molecule has 0 atom stereocenters. The van der Waals surface area contributed by atoms with E-state index in [1.165, 1.54) is 22.4 Å². The van der Waals surface area contributed by atoms with Crippen LogP contribution in [0.2, 0.25) is 0 Å². The fourth-order valence-corrected chi connectivity index (χ4v) is 1.84. The standard InChI is InChI=1S/C14H15N/c1-11-13(9-6-10-14(11)15-2)12-7-4-3-5-8-12/h3-10,15H,1-2H3. The molecule has 0 saturated heterocycles. The first-order valence-electron chi connectivity index (χ1n) is 5.15. The maximum atomic E-state index is 3.21. The Labute approximate surface area is 90.8 Å². The maximum Gasteiger partial charge on any atom is 0.0373 e. The molecule has 0 aliphatic rings. The van der Waals surface area contributed by atoms with Gasteiger partial charge in [-0.25, -0.2) is 0 Å². The second-order valence-corrected chi connectivity index (χ2v) is 3.59. The maximum absolute atomic E-state index is 3.21. The first-order chi connectivity index (χ1) is 7.33. The van der Waals surface area contributed by atoms with Crippen LogP contribution in [-0.2, 0) is 0 Å². The molecule has 15 heavy (non-hydrogen) atoms. The van der Waals surface area contributed by atoms with Crippen molar-refractivity contribution >= 4 is 5.69 Å². The fourth-order valence-electron chi connectivity index (χ4n) is 1.84. The van der Waals surface area contributed by atoms with Crippen LogP contribution in [0.4, 0.5) is 5.69 Å². The lowest BCUT2D eigenvalue weighted by molar-refractivity contribution is 1.40. The van der Waals surface area contributed by atoms with Gasteiger partial charge in [-0.3, -0.25) is 0 Å². The van der Waals surface area contributed by atoms with E-state index >= 15 is 0 Å². The van der Waals surface area contributed by atoms with Crippen LogP contribution in [0, 0.1) is 6.92 Å². The summed E-state index contributed by atoms with van der Waals surface area (Å²) < 4.78 is 0. The first-order valence-corrected chi connectivity index (χ1v) is 5.15. The molecule has 0 saturated carbocycles. The predicted octanol–water partition coefficient (Wildman–Crippen LogP) is 3.70. The molecule has 0 bridgehead atoms. The van der Waals surface area contributed by atoms with Crippen LogP contribution in [0.1, 0.15) is 5.56 Å². The summed E-state index contributed by atoms with van der Waals surface area (Å²) >= 11 is 0. The summed E-state index contributed by atoms with van der Waals surface area (Å²) in [4.78, 5) is 0. The summed E-state index contributed by atoms with van der Waals surface area (Å²) in [5.74, 6) is 0. The Morgan fingerprint density at radius 3 is 2.27 bits per heavy atom. The summed E-state index contributed by atoms with van der Waals surface area (Å²) in [6, 6.07) is 16.8. The number of benzene rings is 2. The lowest BCUT2D eigenvalue weighted by Crippen LogP contribution is -1.93. The number of nitrogens with one attached hydrogen (secondary N) is 1. The second-order valence-electron chi connectivity index (χ2n) is 3.59. The predicted molar refractivity (Wildman–Crippen MR) is 66.2 cm³/mol. The van der Waals surface area contributed by atoms with Gasteiger partial charge in [0.15, 0.2) is 0 Å². The van der Waals surface area contributed by atoms with Gasteiger partial charge in [0.05, 0.1) is 0 Å². The summed E-state index contributed by atoms with van der Waals surface area (Å²) in [5, 5.41) is 3.21.